The number of aromatic hydroxyl groups is 1. The van der Waals surface area contributed by atoms with Crippen LogP contribution in [0.2, 0.25) is 0 Å². The number of amides is 1. The molecule has 1 aromatic heterocycles. The molecule has 0 unspecified atom stereocenters. The quantitative estimate of drug-likeness (QED) is 0.820. The van der Waals surface area contributed by atoms with Crippen LogP contribution >= 0.6 is 0 Å². The van der Waals surface area contributed by atoms with E-state index in [4.69, 9.17) is 0 Å². The molecule has 88 valence electrons. The summed E-state index contributed by atoms with van der Waals surface area (Å²) in [5.41, 5.74) is 0.125. The van der Waals surface area contributed by atoms with E-state index in [1.165, 1.54) is 17.0 Å². The Hall–Kier alpha value is -1.78. The van der Waals surface area contributed by atoms with Crippen molar-refractivity contribution in [3.05, 3.63) is 28.0 Å². The van der Waals surface area contributed by atoms with E-state index in [9.17, 15) is 14.7 Å². The number of carbonyl (C=O) groups is 1. The summed E-state index contributed by atoms with van der Waals surface area (Å²) in [5, 5.41) is 9.60. The lowest BCUT2D eigenvalue weighted by Gasteiger charge is -2.19. The Morgan fingerprint density at radius 3 is 2.38 bits per heavy atom. The molecule has 0 saturated carbocycles. The Balaban J connectivity index is 3.23. The van der Waals surface area contributed by atoms with Gasteiger partial charge in [0, 0.05) is 25.2 Å². The molecule has 0 aliphatic carbocycles. The van der Waals surface area contributed by atoms with Crippen LogP contribution in [0.3, 0.4) is 0 Å². The van der Waals surface area contributed by atoms with Crippen molar-refractivity contribution in [1.29, 1.82) is 0 Å². The largest absolute Gasteiger partial charge is 0.494 e. The summed E-state index contributed by atoms with van der Waals surface area (Å²) in [6, 6.07) is 2.22. The van der Waals surface area contributed by atoms with Crippen molar-refractivity contribution in [3.8, 4) is 5.88 Å². The van der Waals surface area contributed by atoms with Crippen LogP contribution in [-0.4, -0.2) is 33.7 Å². The Bertz CT molecular complexity index is 447. The molecule has 0 radical (unpaired) electrons. The zero-order valence-corrected chi connectivity index (χ0v) is 9.73. The molecule has 0 saturated heterocycles. The molecule has 0 atom stereocenters. The first-order chi connectivity index (χ1) is 7.51. The van der Waals surface area contributed by atoms with Crippen molar-refractivity contribution in [1.82, 2.24) is 9.47 Å². The molecule has 1 amide bonds. The van der Waals surface area contributed by atoms with Crippen molar-refractivity contribution >= 4 is 6.03 Å². The first-order valence-corrected chi connectivity index (χ1v) is 5.23. The zero-order chi connectivity index (χ0) is 12.3. The maximum Gasteiger partial charge on any atom is 0.334 e. The molecule has 1 rings (SSSR count). The fourth-order valence-electron chi connectivity index (χ4n) is 1.51. The van der Waals surface area contributed by atoms with Crippen molar-refractivity contribution in [3.63, 3.8) is 0 Å². The predicted molar refractivity (Wildman–Crippen MR) is 60.8 cm³/mol. The summed E-state index contributed by atoms with van der Waals surface area (Å²) in [6.07, 6.45) is 0. The highest BCUT2D eigenvalue weighted by Gasteiger charge is 2.16. The average molecular weight is 224 g/mol. The normalized spacial score (nSPS) is 10.2. The van der Waals surface area contributed by atoms with Gasteiger partial charge in [0.25, 0.3) is 5.56 Å². The smallest absolute Gasteiger partial charge is 0.334 e. The van der Waals surface area contributed by atoms with Crippen LogP contribution in [0.1, 0.15) is 19.4 Å². The number of hydrogen-bond donors (Lipinski definition) is 1. The van der Waals surface area contributed by atoms with Gasteiger partial charge in [0.2, 0.25) is 5.88 Å². The van der Waals surface area contributed by atoms with Crippen molar-refractivity contribution in [2.75, 3.05) is 13.1 Å². The standard InChI is InChI=1S/C11H16N2O3/c1-4-12(5-2)11(16)13-9(14)6-8(3)7-10(13)15/h6-7,14H,4-5H2,1-3H3. The van der Waals surface area contributed by atoms with Gasteiger partial charge in [-0.25, -0.2) is 4.79 Å². The lowest BCUT2D eigenvalue weighted by molar-refractivity contribution is 0.200. The molecule has 0 aliphatic rings. The fourth-order valence-corrected chi connectivity index (χ4v) is 1.51. The van der Waals surface area contributed by atoms with Crippen molar-refractivity contribution in [2.24, 2.45) is 0 Å². The Labute approximate surface area is 93.9 Å². The minimum absolute atomic E-state index is 0.318. The summed E-state index contributed by atoms with van der Waals surface area (Å²) in [4.78, 5) is 25.0. The first-order valence-electron chi connectivity index (χ1n) is 5.23. The second-order valence-electron chi connectivity index (χ2n) is 3.52. The highest BCUT2D eigenvalue weighted by atomic mass is 16.3. The van der Waals surface area contributed by atoms with Crippen LogP contribution in [0.25, 0.3) is 0 Å². The van der Waals surface area contributed by atoms with E-state index in [2.05, 4.69) is 0 Å². The molecule has 0 bridgehead atoms. The van der Waals surface area contributed by atoms with Crippen LogP contribution < -0.4 is 5.56 Å². The van der Waals surface area contributed by atoms with E-state index >= 15 is 0 Å². The molecule has 5 nitrogen and oxygen atoms in total. The van der Waals surface area contributed by atoms with Gasteiger partial charge in [-0.1, -0.05) is 0 Å². The minimum atomic E-state index is -0.505. The van der Waals surface area contributed by atoms with E-state index < -0.39 is 11.6 Å². The highest BCUT2D eigenvalue weighted by Crippen LogP contribution is 2.09. The summed E-state index contributed by atoms with van der Waals surface area (Å²) in [5.74, 6) is -0.318. The van der Waals surface area contributed by atoms with Crippen LogP contribution in [0.5, 0.6) is 5.88 Å². The first kappa shape index (κ1) is 12.3. The molecule has 0 aliphatic heterocycles. The number of aryl methyl sites for hydroxylation is 1. The monoisotopic (exact) mass is 224 g/mol. The third-order valence-corrected chi connectivity index (χ3v) is 2.38. The van der Waals surface area contributed by atoms with Gasteiger partial charge in [0.15, 0.2) is 0 Å². The third kappa shape index (κ3) is 2.24. The van der Waals surface area contributed by atoms with Crippen molar-refractivity contribution < 1.29 is 9.90 Å². The number of carbonyl (C=O) groups excluding carboxylic acids is 1. The summed E-state index contributed by atoms with van der Waals surface area (Å²) in [6.45, 7) is 6.31. The zero-order valence-electron chi connectivity index (χ0n) is 9.73. The van der Waals surface area contributed by atoms with Gasteiger partial charge >= 0.3 is 6.03 Å². The molecule has 1 aromatic rings. The third-order valence-electron chi connectivity index (χ3n) is 2.38. The van der Waals surface area contributed by atoms with Crippen LogP contribution in [-0.2, 0) is 0 Å². The molecule has 1 heterocycles. The minimum Gasteiger partial charge on any atom is -0.494 e. The summed E-state index contributed by atoms with van der Waals surface area (Å²) in [7, 11) is 0. The number of pyridine rings is 1. The maximum atomic E-state index is 11.9. The lowest BCUT2D eigenvalue weighted by atomic mass is 10.3. The van der Waals surface area contributed by atoms with Crippen molar-refractivity contribution in [2.45, 2.75) is 20.8 Å². The van der Waals surface area contributed by atoms with Gasteiger partial charge in [-0.3, -0.25) is 4.79 Å². The highest BCUT2D eigenvalue weighted by molar-refractivity contribution is 5.78. The molecule has 0 aromatic carbocycles. The van der Waals surface area contributed by atoms with Gasteiger partial charge in [-0.2, -0.15) is 4.57 Å². The van der Waals surface area contributed by atoms with E-state index in [1.54, 1.807) is 6.92 Å². The maximum absolute atomic E-state index is 11.9. The topological polar surface area (TPSA) is 62.5 Å². The number of aromatic nitrogens is 1. The average Bonchev–Trinajstić information content (AvgIpc) is 2.17. The second-order valence-corrected chi connectivity index (χ2v) is 3.52. The van der Waals surface area contributed by atoms with Crippen LogP contribution in [0.15, 0.2) is 16.9 Å². The number of nitrogens with zero attached hydrogens (tertiary/aromatic N) is 2. The van der Waals surface area contributed by atoms with E-state index in [-0.39, 0.29) is 5.88 Å². The van der Waals surface area contributed by atoms with E-state index in [0.29, 0.717) is 18.7 Å². The predicted octanol–water partition coefficient (Wildman–Crippen LogP) is 1.17. The van der Waals surface area contributed by atoms with E-state index in [1.807, 2.05) is 13.8 Å². The van der Waals surface area contributed by atoms with Gasteiger partial charge in [-0.15, -0.1) is 0 Å². The van der Waals surface area contributed by atoms with Gasteiger partial charge in [0.05, 0.1) is 0 Å². The van der Waals surface area contributed by atoms with Gasteiger partial charge in [0.1, 0.15) is 0 Å². The molecule has 0 spiro atoms. The van der Waals surface area contributed by atoms with Gasteiger partial charge < -0.3 is 10.0 Å². The van der Waals surface area contributed by atoms with Crippen LogP contribution in [0, 0.1) is 6.92 Å². The molecule has 16 heavy (non-hydrogen) atoms. The molecule has 5 heteroatoms. The van der Waals surface area contributed by atoms with E-state index in [0.717, 1.165) is 4.57 Å². The number of hydrogen-bond acceptors (Lipinski definition) is 3. The Morgan fingerprint density at radius 2 is 1.94 bits per heavy atom. The Kier molecular flexibility index (Phi) is 3.71. The summed E-state index contributed by atoms with van der Waals surface area (Å²) < 4.78 is 0.778. The van der Waals surface area contributed by atoms with Crippen LogP contribution in [0.4, 0.5) is 4.79 Å². The molecule has 1 N–H and O–H groups in total. The van der Waals surface area contributed by atoms with Gasteiger partial charge in [-0.05, 0) is 26.3 Å². The molecular formula is C11H16N2O3. The number of rotatable bonds is 2. The molecular weight excluding hydrogens is 208 g/mol. The molecule has 0 fully saturated rings. The SMILES string of the molecule is CCN(CC)C(=O)n1c(O)cc(C)cc1=O. The second kappa shape index (κ2) is 4.83. The Morgan fingerprint density at radius 1 is 1.38 bits per heavy atom. The summed E-state index contributed by atoms with van der Waals surface area (Å²) >= 11 is 0. The lowest BCUT2D eigenvalue weighted by Crippen LogP contribution is -2.39. The fraction of sp³-hybridized carbons (Fsp3) is 0.455.